The Morgan fingerprint density at radius 3 is 2.56 bits per heavy atom. The van der Waals surface area contributed by atoms with Crippen LogP contribution in [0.25, 0.3) is 0 Å². The van der Waals surface area contributed by atoms with E-state index in [-0.39, 0.29) is 11.1 Å². The van der Waals surface area contributed by atoms with Gasteiger partial charge in [0.1, 0.15) is 0 Å². The van der Waals surface area contributed by atoms with Gasteiger partial charge in [0.2, 0.25) is 0 Å². The third-order valence-corrected chi connectivity index (χ3v) is 2.33. The highest BCUT2D eigenvalue weighted by atomic mass is 32.1. The van der Waals surface area contributed by atoms with Crippen LogP contribution in [0, 0.1) is 6.92 Å². The lowest BCUT2D eigenvalue weighted by molar-refractivity contribution is 0.0718. The summed E-state index contributed by atoms with van der Waals surface area (Å²) >= 11 is 4.54. The van der Waals surface area contributed by atoms with Gasteiger partial charge in [0.25, 0.3) is 5.17 Å². The summed E-state index contributed by atoms with van der Waals surface area (Å²) in [6, 6.07) is 5.58. The molecule has 86 valence electrons. The molecule has 0 fully saturated rings. The second-order valence-corrected chi connectivity index (χ2v) is 4.36. The molecule has 2 N–H and O–H groups in total. The average molecular weight is 237 g/mol. The van der Waals surface area contributed by atoms with Crippen LogP contribution >= 0.6 is 12.2 Å². The van der Waals surface area contributed by atoms with Gasteiger partial charge in [0.15, 0.2) is 0 Å². The molecule has 1 aromatic rings. The predicted octanol–water partition coefficient (Wildman–Crippen LogP) is 2.52. The molecular weight excluding hydrogens is 222 g/mol. The first-order valence-electron chi connectivity index (χ1n) is 5.04. The van der Waals surface area contributed by atoms with Gasteiger partial charge in [-0.2, -0.15) is 0 Å². The summed E-state index contributed by atoms with van der Waals surface area (Å²) in [6.07, 6.45) is 0. The van der Waals surface area contributed by atoms with Crippen molar-refractivity contribution in [2.24, 2.45) is 5.73 Å². The molecular formula is C12H15NO2S. The average Bonchev–Trinajstić information content (AvgIpc) is 2.16. The van der Waals surface area contributed by atoms with Crippen LogP contribution in [-0.2, 0) is 4.74 Å². The van der Waals surface area contributed by atoms with Crippen molar-refractivity contribution in [1.82, 2.24) is 0 Å². The zero-order valence-electron chi connectivity index (χ0n) is 9.61. The third kappa shape index (κ3) is 3.03. The van der Waals surface area contributed by atoms with Gasteiger partial charge in [-0.25, -0.2) is 4.79 Å². The van der Waals surface area contributed by atoms with Gasteiger partial charge in [-0.3, -0.25) is 0 Å². The van der Waals surface area contributed by atoms with E-state index in [4.69, 9.17) is 10.5 Å². The molecule has 0 atom stereocenters. The van der Waals surface area contributed by atoms with Crippen molar-refractivity contribution in [3.05, 3.63) is 34.9 Å². The molecule has 0 amide bonds. The van der Waals surface area contributed by atoms with Gasteiger partial charge in [-0.05, 0) is 36.7 Å². The normalized spacial score (nSPS) is 10.2. The second-order valence-electron chi connectivity index (χ2n) is 3.95. The monoisotopic (exact) mass is 237 g/mol. The molecule has 0 aliphatic carbocycles. The lowest BCUT2D eigenvalue weighted by Gasteiger charge is -2.12. The molecule has 4 heteroatoms. The lowest BCUT2D eigenvalue weighted by atomic mass is 9.95. The van der Waals surface area contributed by atoms with Crippen LogP contribution in [-0.4, -0.2) is 11.1 Å². The Bertz CT molecular complexity index is 427. The largest absolute Gasteiger partial charge is 0.396 e. The van der Waals surface area contributed by atoms with E-state index >= 15 is 0 Å². The summed E-state index contributed by atoms with van der Waals surface area (Å²) in [7, 11) is 0. The molecule has 0 aromatic heterocycles. The van der Waals surface area contributed by atoms with Crippen LogP contribution in [0.15, 0.2) is 18.2 Å². The molecule has 16 heavy (non-hydrogen) atoms. The van der Waals surface area contributed by atoms with Gasteiger partial charge in [0, 0.05) is 0 Å². The smallest absolute Gasteiger partial charge is 0.345 e. The molecule has 0 heterocycles. The van der Waals surface area contributed by atoms with E-state index in [9.17, 15) is 4.79 Å². The highest BCUT2D eigenvalue weighted by Gasteiger charge is 2.15. The molecule has 0 aliphatic rings. The van der Waals surface area contributed by atoms with E-state index in [1.807, 2.05) is 32.9 Å². The van der Waals surface area contributed by atoms with Crippen LogP contribution in [0.5, 0.6) is 0 Å². The Kier molecular flexibility index (Phi) is 4.01. The zero-order valence-corrected chi connectivity index (χ0v) is 10.4. The fraction of sp³-hybridized carbons (Fsp3) is 0.333. The maximum atomic E-state index is 11.7. The predicted molar refractivity (Wildman–Crippen MR) is 67.5 cm³/mol. The summed E-state index contributed by atoms with van der Waals surface area (Å²) in [4.78, 5) is 11.7. The minimum absolute atomic E-state index is 0.244. The quantitative estimate of drug-likeness (QED) is 0.634. The van der Waals surface area contributed by atoms with Crippen molar-refractivity contribution >= 4 is 23.4 Å². The summed E-state index contributed by atoms with van der Waals surface area (Å²) in [6.45, 7) is 6.02. The molecule has 3 nitrogen and oxygen atoms in total. The number of carbonyl (C=O) groups is 1. The van der Waals surface area contributed by atoms with Crippen molar-refractivity contribution in [3.8, 4) is 0 Å². The summed E-state index contributed by atoms with van der Waals surface area (Å²) < 4.78 is 4.74. The Morgan fingerprint density at radius 1 is 1.44 bits per heavy atom. The second kappa shape index (κ2) is 5.07. The first kappa shape index (κ1) is 12.6. The van der Waals surface area contributed by atoms with E-state index in [0.717, 1.165) is 11.1 Å². The topological polar surface area (TPSA) is 52.3 Å². The molecule has 1 rings (SSSR count). The van der Waals surface area contributed by atoms with Crippen LogP contribution in [0.3, 0.4) is 0 Å². The van der Waals surface area contributed by atoms with E-state index < -0.39 is 5.97 Å². The molecule has 0 saturated heterocycles. The zero-order chi connectivity index (χ0) is 12.3. The van der Waals surface area contributed by atoms with Gasteiger partial charge in [-0.1, -0.05) is 31.5 Å². The molecule has 1 aromatic carbocycles. The molecule has 0 radical (unpaired) electrons. The maximum Gasteiger partial charge on any atom is 0.345 e. The molecule has 0 unspecified atom stereocenters. The number of benzene rings is 1. The van der Waals surface area contributed by atoms with E-state index in [0.29, 0.717) is 5.56 Å². The summed E-state index contributed by atoms with van der Waals surface area (Å²) in [5.41, 5.74) is 7.75. The van der Waals surface area contributed by atoms with E-state index in [2.05, 4.69) is 12.2 Å². The van der Waals surface area contributed by atoms with Crippen molar-refractivity contribution in [1.29, 1.82) is 0 Å². The minimum atomic E-state index is -0.490. The highest BCUT2D eigenvalue weighted by molar-refractivity contribution is 7.80. The lowest BCUT2D eigenvalue weighted by Crippen LogP contribution is -2.19. The fourth-order valence-corrected chi connectivity index (χ4v) is 1.57. The fourth-order valence-electron chi connectivity index (χ4n) is 1.49. The number of nitrogens with two attached hydrogens (primary N) is 1. The SMILES string of the molecule is Cc1ccc(C(=O)OC(N)=S)c(C(C)C)c1. The van der Waals surface area contributed by atoms with Gasteiger partial charge < -0.3 is 10.5 Å². The van der Waals surface area contributed by atoms with Crippen molar-refractivity contribution < 1.29 is 9.53 Å². The number of thiocarbonyl (C=S) groups is 1. The first-order chi connectivity index (χ1) is 7.41. The molecule has 0 aliphatic heterocycles. The van der Waals surface area contributed by atoms with Crippen LogP contribution in [0.1, 0.15) is 41.3 Å². The maximum absolute atomic E-state index is 11.7. The minimum Gasteiger partial charge on any atom is -0.396 e. The Morgan fingerprint density at radius 2 is 2.06 bits per heavy atom. The Labute approximate surface area is 101 Å². The third-order valence-electron chi connectivity index (χ3n) is 2.24. The number of rotatable bonds is 2. The number of aryl methyl sites for hydroxylation is 1. The van der Waals surface area contributed by atoms with Crippen LogP contribution < -0.4 is 5.73 Å². The molecule has 0 spiro atoms. The number of ether oxygens (including phenoxy) is 1. The van der Waals surface area contributed by atoms with Crippen LogP contribution in [0.2, 0.25) is 0 Å². The highest BCUT2D eigenvalue weighted by Crippen LogP contribution is 2.21. The van der Waals surface area contributed by atoms with E-state index in [1.165, 1.54) is 0 Å². The molecule has 0 saturated carbocycles. The number of hydrogen-bond acceptors (Lipinski definition) is 3. The summed E-state index contributed by atoms with van der Waals surface area (Å²) in [5.74, 6) is -0.245. The summed E-state index contributed by atoms with van der Waals surface area (Å²) in [5, 5.41) is -0.250. The van der Waals surface area contributed by atoms with E-state index in [1.54, 1.807) is 6.07 Å². The van der Waals surface area contributed by atoms with Crippen molar-refractivity contribution in [2.75, 3.05) is 0 Å². The van der Waals surface area contributed by atoms with Crippen molar-refractivity contribution in [2.45, 2.75) is 26.7 Å². The number of hydrogen-bond donors (Lipinski definition) is 1. The Balaban J connectivity index is 3.12. The van der Waals surface area contributed by atoms with Gasteiger partial charge >= 0.3 is 5.97 Å². The first-order valence-corrected chi connectivity index (χ1v) is 5.44. The number of carbonyl (C=O) groups excluding carboxylic acids is 1. The Hall–Kier alpha value is -1.42. The van der Waals surface area contributed by atoms with Crippen molar-refractivity contribution in [3.63, 3.8) is 0 Å². The standard InChI is InChI=1S/C12H15NO2S/c1-7(2)10-6-8(3)4-5-9(10)11(14)15-12(13)16/h4-7H,1-3H3,(H2,13,16). The molecule has 0 bridgehead atoms. The van der Waals surface area contributed by atoms with Gasteiger partial charge in [0.05, 0.1) is 5.56 Å². The number of esters is 1. The van der Waals surface area contributed by atoms with Gasteiger partial charge in [-0.15, -0.1) is 0 Å². The van der Waals surface area contributed by atoms with Crippen LogP contribution in [0.4, 0.5) is 0 Å².